The molecule has 0 unspecified atom stereocenters. The number of likely N-dealkylation sites (N-methyl/N-ethyl adjacent to an activating group) is 1. The first-order valence-corrected chi connectivity index (χ1v) is 7.91. The van der Waals surface area contributed by atoms with Crippen LogP contribution in [0.1, 0.15) is 20.3 Å². The molecule has 7 heteroatoms. The van der Waals surface area contributed by atoms with Gasteiger partial charge in [-0.25, -0.2) is 18.1 Å². The van der Waals surface area contributed by atoms with E-state index in [1.807, 2.05) is 0 Å². The Morgan fingerprint density at radius 1 is 1.37 bits per heavy atom. The van der Waals surface area contributed by atoms with Gasteiger partial charge in [-0.05, 0) is 25.6 Å². The average Bonchev–Trinajstić information content (AvgIpc) is 2.37. The molecule has 0 saturated carbocycles. The highest BCUT2D eigenvalue weighted by Gasteiger charge is 2.14. The summed E-state index contributed by atoms with van der Waals surface area (Å²) in [4.78, 5) is 6.13. The maximum Gasteiger partial charge on any atom is 0.240 e. The standard InChI is InChI=1S/C12H22N4O2S/c1-3-8-16(4-2)9-7-15-19(17,18)11-5-6-14-12(13)10-11/h5-6,10,15H,3-4,7-9H2,1-2H3,(H2,13,14). The lowest BCUT2D eigenvalue weighted by molar-refractivity contribution is 0.293. The van der Waals surface area contributed by atoms with Crippen LogP contribution in [0.25, 0.3) is 0 Å². The third kappa shape index (κ3) is 5.14. The van der Waals surface area contributed by atoms with Crippen LogP contribution in [-0.2, 0) is 10.0 Å². The molecule has 0 aliphatic carbocycles. The van der Waals surface area contributed by atoms with Crippen LogP contribution in [0.3, 0.4) is 0 Å². The molecule has 0 spiro atoms. The fourth-order valence-corrected chi connectivity index (χ4v) is 2.80. The summed E-state index contributed by atoms with van der Waals surface area (Å²) in [5.74, 6) is 0.198. The molecule has 1 aromatic heterocycles. The van der Waals surface area contributed by atoms with Crippen molar-refractivity contribution < 1.29 is 8.42 Å². The molecule has 1 rings (SSSR count). The molecule has 0 atom stereocenters. The van der Waals surface area contributed by atoms with Gasteiger partial charge < -0.3 is 10.6 Å². The molecule has 0 radical (unpaired) electrons. The minimum atomic E-state index is -3.50. The Morgan fingerprint density at radius 3 is 2.68 bits per heavy atom. The van der Waals surface area contributed by atoms with Crippen molar-refractivity contribution in [3.05, 3.63) is 18.3 Å². The van der Waals surface area contributed by atoms with E-state index in [1.54, 1.807) is 0 Å². The number of nitrogen functional groups attached to an aromatic ring is 1. The van der Waals surface area contributed by atoms with Crippen LogP contribution in [0, 0.1) is 0 Å². The van der Waals surface area contributed by atoms with E-state index in [-0.39, 0.29) is 10.7 Å². The largest absolute Gasteiger partial charge is 0.384 e. The van der Waals surface area contributed by atoms with Crippen LogP contribution in [-0.4, -0.2) is 44.5 Å². The summed E-state index contributed by atoms with van der Waals surface area (Å²) < 4.78 is 26.6. The second kappa shape index (κ2) is 7.42. The summed E-state index contributed by atoms with van der Waals surface area (Å²) in [6.45, 7) is 7.14. The van der Waals surface area contributed by atoms with E-state index in [9.17, 15) is 8.42 Å². The first-order chi connectivity index (χ1) is 8.99. The number of hydrogen-bond donors (Lipinski definition) is 2. The molecular weight excluding hydrogens is 264 g/mol. The molecule has 0 amide bonds. The van der Waals surface area contributed by atoms with Gasteiger partial charge in [0.25, 0.3) is 0 Å². The van der Waals surface area contributed by atoms with Crippen LogP contribution >= 0.6 is 0 Å². The van der Waals surface area contributed by atoms with Crippen molar-refractivity contribution >= 4 is 15.8 Å². The monoisotopic (exact) mass is 286 g/mol. The van der Waals surface area contributed by atoms with Crippen LogP contribution in [0.2, 0.25) is 0 Å². The lowest BCUT2D eigenvalue weighted by Gasteiger charge is -2.19. The summed E-state index contributed by atoms with van der Waals surface area (Å²) in [6, 6.07) is 2.79. The molecule has 0 aromatic carbocycles. The van der Waals surface area contributed by atoms with Gasteiger partial charge in [0.05, 0.1) is 4.90 Å². The Morgan fingerprint density at radius 2 is 2.11 bits per heavy atom. The number of hydrogen-bond acceptors (Lipinski definition) is 5. The van der Waals surface area contributed by atoms with E-state index in [1.165, 1.54) is 18.3 Å². The predicted molar refractivity (Wildman–Crippen MR) is 76.2 cm³/mol. The number of anilines is 1. The van der Waals surface area contributed by atoms with Crippen molar-refractivity contribution in [1.29, 1.82) is 0 Å². The number of sulfonamides is 1. The summed E-state index contributed by atoms with van der Waals surface area (Å²) in [6.07, 6.45) is 2.45. The van der Waals surface area contributed by atoms with Crippen molar-refractivity contribution in [3.8, 4) is 0 Å². The Balaban J connectivity index is 2.56. The van der Waals surface area contributed by atoms with Crippen molar-refractivity contribution in [2.24, 2.45) is 0 Å². The quantitative estimate of drug-likeness (QED) is 0.733. The van der Waals surface area contributed by atoms with E-state index < -0.39 is 10.0 Å². The third-order valence-corrected chi connectivity index (χ3v) is 4.23. The Kier molecular flexibility index (Phi) is 6.20. The van der Waals surface area contributed by atoms with Crippen LogP contribution < -0.4 is 10.5 Å². The number of nitrogens with zero attached hydrogens (tertiary/aromatic N) is 2. The van der Waals surface area contributed by atoms with Gasteiger partial charge in [0.2, 0.25) is 10.0 Å². The van der Waals surface area contributed by atoms with E-state index in [4.69, 9.17) is 5.73 Å². The van der Waals surface area contributed by atoms with Gasteiger partial charge >= 0.3 is 0 Å². The van der Waals surface area contributed by atoms with Crippen molar-refractivity contribution in [1.82, 2.24) is 14.6 Å². The molecule has 1 aromatic rings. The van der Waals surface area contributed by atoms with Gasteiger partial charge in [-0.1, -0.05) is 13.8 Å². The fraction of sp³-hybridized carbons (Fsp3) is 0.583. The third-order valence-electron chi connectivity index (χ3n) is 2.77. The maximum atomic E-state index is 12.0. The zero-order valence-corrected chi connectivity index (χ0v) is 12.3. The average molecular weight is 286 g/mol. The Bertz CT molecular complexity index is 490. The zero-order valence-electron chi connectivity index (χ0n) is 11.5. The zero-order chi connectivity index (χ0) is 14.3. The van der Waals surface area contributed by atoms with E-state index >= 15 is 0 Å². The summed E-state index contributed by atoms with van der Waals surface area (Å²) in [5, 5.41) is 0. The second-order valence-electron chi connectivity index (χ2n) is 4.25. The van der Waals surface area contributed by atoms with Crippen molar-refractivity contribution in [2.75, 3.05) is 31.9 Å². The van der Waals surface area contributed by atoms with Crippen molar-refractivity contribution in [3.63, 3.8) is 0 Å². The Labute approximate surface area is 115 Å². The van der Waals surface area contributed by atoms with Gasteiger partial charge in [-0.2, -0.15) is 0 Å². The topological polar surface area (TPSA) is 88.3 Å². The van der Waals surface area contributed by atoms with Crippen LogP contribution in [0.5, 0.6) is 0 Å². The molecule has 0 bridgehead atoms. The molecule has 19 heavy (non-hydrogen) atoms. The van der Waals surface area contributed by atoms with Crippen LogP contribution in [0.4, 0.5) is 5.82 Å². The lowest BCUT2D eigenvalue weighted by atomic mass is 10.4. The maximum absolute atomic E-state index is 12.0. The normalized spacial score (nSPS) is 11.9. The summed E-state index contributed by atoms with van der Waals surface area (Å²) in [5.41, 5.74) is 5.48. The molecule has 3 N–H and O–H groups in total. The lowest BCUT2D eigenvalue weighted by Crippen LogP contribution is -2.35. The minimum Gasteiger partial charge on any atom is -0.384 e. The first-order valence-electron chi connectivity index (χ1n) is 6.43. The smallest absolute Gasteiger partial charge is 0.240 e. The predicted octanol–water partition coefficient (Wildman–Crippen LogP) is 0.674. The molecular formula is C12H22N4O2S. The van der Waals surface area contributed by atoms with Gasteiger partial charge in [-0.3, -0.25) is 0 Å². The van der Waals surface area contributed by atoms with Crippen molar-refractivity contribution in [2.45, 2.75) is 25.2 Å². The van der Waals surface area contributed by atoms with Gasteiger partial charge in [0, 0.05) is 25.4 Å². The second-order valence-corrected chi connectivity index (χ2v) is 6.02. The van der Waals surface area contributed by atoms with E-state index in [0.29, 0.717) is 13.1 Å². The summed E-state index contributed by atoms with van der Waals surface area (Å²) in [7, 11) is -3.50. The molecule has 0 aliphatic rings. The molecule has 108 valence electrons. The van der Waals surface area contributed by atoms with E-state index in [0.717, 1.165) is 19.5 Å². The molecule has 0 aliphatic heterocycles. The van der Waals surface area contributed by atoms with Gasteiger partial charge in [-0.15, -0.1) is 0 Å². The molecule has 0 fully saturated rings. The molecule has 6 nitrogen and oxygen atoms in total. The number of nitrogens with two attached hydrogens (primary N) is 1. The van der Waals surface area contributed by atoms with Gasteiger partial charge in [0.1, 0.15) is 5.82 Å². The van der Waals surface area contributed by atoms with Crippen LogP contribution in [0.15, 0.2) is 23.2 Å². The number of nitrogens with one attached hydrogen (secondary N) is 1. The summed E-state index contributed by atoms with van der Waals surface area (Å²) >= 11 is 0. The number of aromatic nitrogens is 1. The van der Waals surface area contributed by atoms with E-state index in [2.05, 4.69) is 28.5 Å². The molecule has 0 saturated heterocycles. The molecule has 1 heterocycles. The highest BCUT2D eigenvalue weighted by atomic mass is 32.2. The minimum absolute atomic E-state index is 0.151. The number of pyridine rings is 1. The van der Waals surface area contributed by atoms with Gasteiger partial charge in [0.15, 0.2) is 0 Å². The first kappa shape index (κ1) is 15.9. The highest BCUT2D eigenvalue weighted by molar-refractivity contribution is 7.89. The SMILES string of the molecule is CCCN(CC)CCNS(=O)(=O)c1ccnc(N)c1. The fourth-order valence-electron chi connectivity index (χ4n) is 1.76. The highest BCUT2D eigenvalue weighted by Crippen LogP contribution is 2.09. The Hall–Kier alpha value is -1.18. The number of rotatable bonds is 8.